The lowest BCUT2D eigenvalue weighted by atomic mass is 10.2. The van der Waals surface area contributed by atoms with E-state index in [0.29, 0.717) is 16.9 Å². The van der Waals surface area contributed by atoms with Crippen molar-refractivity contribution in [3.63, 3.8) is 0 Å². The number of anilines is 2. The van der Waals surface area contributed by atoms with Crippen molar-refractivity contribution in [3.05, 3.63) is 89.5 Å². The normalized spacial score (nSPS) is 10.9. The summed E-state index contributed by atoms with van der Waals surface area (Å²) in [4.78, 5) is 24.3. The van der Waals surface area contributed by atoms with Gasteiger partial charge >= 0.3 is 5.97 Å². The summed E-state index contributed by atoms with van der Waals surface area (Å²) in [5.41, 5.74) is 2.46. The van der Waals surface area contributed by atoms with Gasteiger partial charge in [-0.05, 0) is 68.4 Å². The first-order valence-electron chi connectivity index (χ1n) is 9.56. The fourth-order valence-electron chi connectivity index (χ4n) is 2.75. The average molecular weight is 439 g/mol. The van der Waals surface area contributed by atoms with Gasteiger partial charge in [-0.15, -0.1) is 0 Å². The first kappa shape index (κ1) is 22.0. The van der Waals surface area contributed by atoms with Crippen LogP contribution in [0.25, 0.3) is 0 Å². The number of nitrogens with one attached hydrogen (secondary N) is 2. The van der Waals surface area contributed by atoms with Crippen LogP contribution in [-0.2, 0) is 14.8 Å². The van der Waals surface area contributed by atoms with E-state index in [0.717, 1.165) is 5.56 Å². The Morgan fingerprint density at radius 2 is 1.52 bits per heavy atom. The highest BCUT2D eigenvalue weighted by Crippen LogP contribution is 2.19. The summed E-state index contributed by atoms with van der Waals surface area (Å²) in [6.07, 6.45) is 0. The maximum atomic E-state index is 12.7. The van der Waals surface area contributed by atoms with Crippen molar-refractivity contribution < 1.29 is 22.7 Å². The topological polar surface area (TPSA) is 102 Å². The van der Waals surface area contributed by atoms with Crippen LogP contribution in [0.3, 0.4) is 0 Å². The second kappa shape index (κ2) is 9.44. The van der Waals surface area contributed by atoms with Gasteiger partial charge in [0.25, 0.3) is 15.9 Å². The Hall–Kier alpha value is -3.65. The second-order valence-corrected chi connectivity index (χ2v) is 8.43. The third-order valence-electron chi connectivity index (χ3n) is 4.36. The molecular weight excluding hydrogens is 416 g/mol. The number of hydrogen-bond donors (Lipinski definition) is 2. The van der Waals surface area contributed by atoms with Crippen molar-refractivity contribution in [2.45, 2.75) is 18.7 Å². The van der Waals surface area contributed by atoms with E-state index in [1.54, 1.807) is 55.5 Å². The van der Waals surface area contributed by atoms with Gasteiger partial charge in [-0.25, -0.2) is 13.2 Å². The van der Waals surface area contributed by atoms with Crippen LogP contribution in [0.2, 0.25) is 0 Å². The van der Waals surface area contributed by atoms with Gasteiger partial charge in [-0.1, -0.05) is 23.8 Å². The zero-order valence-electron chi connectivity index (χ0n) is 17.1. The summed E-state index contributed by atoms with van der Waals surface area (Å²) in [5.74, 6) is -0.921. The Morgan fingerprint density at radius 3 is 2.16 bits per heavy atom. The minimum absolute atomic E-state index is 0.0293. The molecule has 0 saturated heterocycles. The largest absolute Gasteiger partial charge is 0.462 e. The Labute approximate surface area is 181 Å². The molecule has 0 unspecified atom stereocenters. The average Bonchev–Trinajstić information content (AvgIpc) is 2.76. The van der Waals surface area contributed by atoms with Gasteiger partial charge in [0.1, 0.15) is 0 Å². The van der Waals surface area contributed by atoms with Gasteiger partial charge in [0, 0.05) is 16.9 Å². The SMILES string of the molecule is CCOC(=O)c1ccc(NC(=O)c2cccc(S(=O)(=O)Nc3ccc(C)cc3)c2)cc1. The molecule has 0 bridgehead atoms. The molecule has 0 aliphatic heterocycles. The molecule has 2 N–H and O–H groups in total. The molecule has 7 nitrogen and oxygen atoms in total. The lowest BCUT2D eigenvalue weighted by Crippen LogP contribution is -2.16. The maximum absolute atomic E-state index is 12.7. The van der Waals surface area contributed by atoms with Crippen LogP contribution in [0.15, 0.2) is 77.7 Å². The first-order valence-corrected chi connectivity index (χ1v) is 11.0. The molecule has 0 saturated carbocycles. The molecule has 0 heterocycles. The fourth-order valence-corrected chi connectivity index (χ4v) is 3.85. The van der Waals surface area contributed by atoms with Crippen molar-refractivity contribution in [1.82, 2.24) is 0 Å². The van der Waals surface area contributed by atoms with E-state index < -0.39 is 21.9 Å². The number of carbonyl (C=O) groups is 2. The Morgan fingerprint density at radius 1 is 0.871 bits per heavy atom. The van der Waals surface area contributed by atoms with Crippen LogP contribution in [0, 0.1) is 6.92 Å². The summed E-state index contributed by atoms with van der Waals surface area (Å²) < 4.78 is 32.8. The molecule has 3 aromatic rings. The van der Waals surface area contributed by atoms with E-state index in [4.69, 9.17) is 4.74 Å². The lowest BCUT2D eigenvalue weighted by molar-refractivity contribution is 0.0526. The predicted octanol–water partition coefficient (Wildman–Crippen LogP) is 4.22. The molecule has 0 fully saturated rings. The molecular formula is C23H22N2O5S. The second-order valence-electron chi connectivity index (χ2n) is 6.75. The van der Waals surface area contributed by atoms with Crippen LogP contribution >= 0.6 is 0 Å². The molecule has 160 valence electrons. The smallest absolute Gasteiger partial charge is 0.338 e. The van der Waals surface area contributed by atoms with E-state index >= 15 is 0 Å². The lowest BCUT2D eigenvalue weighted by Gasteiger charge is -2.10. The molecule has 8 heteroatoms. The van der Waals surface area contributed by atoms with Crippen LogP contribution in [0.1, 0.15) is 33.2 Å². The summed E-state index contributed by atoms with van der Waals surface area (Å²) in [5, 5.41) is 2.68. The third kappa shape index (κ3) is 5.70. The van der Waals surface area contributed by atoms with Crippen LogP contribution in [-0.4, -0.2) is 26.9 Å². The number of sulfonamides is 1. The number of benzene rings is 3. The number of amides is 1. The maximum Gasteiger partial charge on any atom is 0.338 e. The Kier molecular flexibility index (Phi) is 6.71. The van der Waals surface area contributed by atoms with Crippen LogP contribution in [0.5, 0.6) is 0 Å². The van der Waals surface area contributed by atoms with Crippen molar-refractivity contribution >= 4 is 33.3 Å². The quantitative estimate of drug-likeness (QED) is 0.538. The summed E-state index contributed by atoms with van der Waals surface area (Å²) in [6, 6.07) is 18.9. The zero-order chi connectivity index (χ0) is 22.4. The van der Waals surface area contributed by atoms with Crippen LogP contribution in [0.4, 0.5) is 11.4 Å². The summed E-state index contributed by atoms with van der Waals surface area (Å²) in [7, 11) is -3.86. The molecule has 0 aliphatic carbocycles. The van der Waals surface area contributed by atoms with E-state index in [2.05, 4.69) is 10.0 Å². The third-order valence-corrected chi connectivity index (χ3v) is 5.74. The Balaban J connectivity index is 1.73. The van der Waals surface area contributed by atoms with Crippen LogP contribution < -0.4 is 10.0 Å². The molecule has 0 aromatic heterocycles. The number of hydrogen-bond acceptors (Lipinski definition) is 5. The molecule has 1 amide bonds. The minimum Gasteiger partial charge on any atom is -0.462 e. The highest BCUT2D eigenvalue weighted by molar-refractivity contribution is 7.92. The van der Waals surface area contributed by atoms with Gasteiger partial charge < -0.3 is 10.1 Å². The van der Waals surface area contributed by atoms with Gasteiger partial charge in [0.05, 0.1) is 17.1 Å². The molecule has 0 aliphatic rings. The zero-order valence-corrected chi connectivity index (χ0v) is 17.9. The van der Waals surface area contributed by atoms with Gasteiger partial charge in [-0.2, -0.15) is 0 Å². The monoisotopic (exact) mass is 438 g/mol. The molecule has 3 aromatic carbocycles. The number of carbonyl (C=O) groups excluding carboxylic acids is 2. The Bertz CT molecular complexity index is 1190. The van der Waals surface area contributed by atoms with Crippen molar-refractivity contribution in [2.24, 2.45) is 0 Å². The molecule has 31 heavy (non-hydrogen) atoms. The molecule has 0 radical (unpaired) electrons. The number of aryl methyl sites for hydroxylation is 1. The molecule has 0 spiro atoms. The summed E-state index contributed by atoms with van der Waals surface area (Å²) in [6.45, 7) is 3.90. The minimum atomic E-state index is -3.86. The van der Waals surface area contributed by atoms with Crippen molar-refractivity contribution in [3.8, 4) is 0 Å². The van der Waals surface area contributed by atoms with Gasteiger partial charge in [0.2, 0.25) is 0 Å². The number of ether oxygens (including phenoxy) is 1. The van der Waals surface area contributed by atoms with Crippen molar-refractivity contribution in [2.75, 3.05) is 16.6 Å². The molecule has 3 rings (SSSR count). The number of esters is 1. The van der Waals surface area contributed by atoms with E-state index in [9.17, 15) is 18.0 Å². The number of rotatable bonds is 7. The predicted molar refractivity (Wildman–Crippen MR) is 119 cm³/mol. The van der Waals surface area contributed by atoms with Gasteiger partial charge in [0.15, 0.2) is 0 Å². The molecule has 0 atom stereocenters. The highest BCUT2D eigenvalue weighted by atomic mass is 32.2. The summed E-state index contributed by atoms with van der Waals surface area (Å²) >= 11 is 0. The highest BCUT2D eigenvalue weighted by Gasteiger charge is 2.17. The fraction of sp³-hybridized carbons (Fsp3) is 0.130. The standard InChI is InChI=1S/C23H22N2O5S/c1-3-30-23(27)17-9-13-19(14-10-17)24-22(26)18-5-4-6-21(15-18)31(28,29)25-20-11-7-16(2)8-12-20/h4-15,25H,3H2,1-2H3,(H,24,26). The van der Waals surface area contributed by atoms with Gasteiger partial charge in [-0.3, -0.25) is 9.52 Å². The van der Waals surface area contributed by atoms with Crippen molar-refractivity contribution in [1.29, 1.82) is 0 Å². The van der Waals surface area contributed by atoms with E-state index in [1.165, 1.54) is 24.3 Å². The first-order chi connectivity index (χ1) is 14.8. The van der Waals surface area contributed by atoms with E-state index in [-0.39, 0.29) is 17.1 Å². The van der Waals surface area contributed by atoms with E-state index in [1.807, 2.05) is 6.92 Å².